The highest BCUT2D eigenvalue weighted by molar-refractivity contribution is 5.79. The summed E-state index contributed by atoms with van der Waals surface area (Å²) < 4.78 is 0. The minimum Gasteiger partial charge on any atom is -0.352 e. The monoisotopic (exact) mass is 208 g/mol. The Labute approximate surface area is 92.0 Å². The van der Waals surface area contributed by atoms with Gasteiger partial charge < -0.3 is 10.6 Å². The zero-order valence-electron chi connectivity index (χ0n) is 9.55. The van der Waals surface area contributed by atoms with Gasteiger partial charge in [0.25, 0.3) is 0 Å². The Bertz CT molecular complexity index is 257. The van der Waals surface area contributed by atoms with Crippen molar-refractivity contribution >= 4 is 5.91 Å². The molecule has 0 aliphatic carbocycles. The maximum atomic E-state index is 11.9. The Hall–Kier alpha value is -1.01. The number of hydrogen-bond acceptors (Lipinski definition) is 2. The van der Waals surface area contributed by atoms with E-state index in [1.165, 1.54) is 0 Å². The highest BCUT2D eigenvalue weighted by Gasteiger charge is 2.30. The molecular weight excluding hydrogens is 188 g/mol. The summed E-state index contributed by atoms with van der Waals surface area (Å²) in [5.74, 6) is 3.28. The van der Waals surface area contributed by atoms with Crippen molar-refractivity contribution in [3.8, 4) is 12.3 Å². The first-order chi connectivity index (χ1) is 7.19. The third-order valence-electron chi connectivity index (χ3n) is 3.06. The summed E-state index contributed by atoms with van der Waals surface area (Å²) >= 11 is 0. The Morgan fingerprint density at radius 1 is 1.67 bits per heavy atom. The molecule has 3 unspecified atom stereocenters. The first-order valence-electron chi connectivity index (χ1n) is 5.63. The van der Waals surface area contributed by atoms with Gasteiger partial charge in [-0.2, -0.15) is 0 Å². The zero-order valence-corrected chi connectivity index (χ0v) is 9.55. The molecule has 0 saturated carbocycles. The normalized spacial score (nSPS) is 27.0. The summed E-state index contributed by atoms with van der Waals surface area (Å²) in [5.41, 5.74) is 0. The molecule has 0 aromatic carbocycles. The van der Waals surface area contributed by atoms with Crippen molar-refractivity contribution < 1.29 is 4.79 Å². The fourth-order valence-electron chi connectivity index (χ4n) is 1.91. The molecule has 0 aromatic rings. The molecule has 0 aromatic heterocycles. The van der Waals surface area contributed by atoms with E-state index in [0.717, 1.165) is 19.5 Å². The minimum atomic E-state index is 0.108. The molecule has 1 aliphatic rings. The van der Waals surface area contributed by atoms with E-state index in [2.05, 4.69) is 23.5 Å². The smallest absolute Gasteiger partial charge is 0.224 e. The Morgan fingerprint density at radius 2 is 2.40 bits per heavy atom. The first-order valence-corrected chi connectivity index (χ1v) is 5.63. The zero-order chi connectivity index (χ0) is 11.3. The number of carbonyl (C=O) groups excluding carboxylic acids is 1. The number of rotatable bonds is 4. The van der Waals surface area contributed by atoms with Crippen LogP contribution in [0.5, 0.6) is 0 Å². The van der Waals surface area contributed by atoms with Gasteiger partial charge in [0.05, 0.1) is 5.92 Å². The fourth-order valence-corrected chi connectivity index (χ4v) is 1.91. The molecular formula is C12H20N2O. The van der Waals surface area contributed by atoms with Gasteiger partial charge in [-0.15, -0.1) is 12.3 Å². The first kappa shape index (κ1) is 12.1. The number of terminal acetylenes is 1. The summed E-state index contributed by atoms with van der Waals surface area (Å²) in [7, 11) is 0. The Kier molecular flexibility index (Phi) is 4.64. The van der Waals surface area contributed by atoms with Crippen LogP contribution in [0.4, 0.5) is 0 Å². The molecule has 1 fully saturated rings. The molecule has 3 heteroatoms. The van der Waals surface area contributed by atoms with E-state index in [1.807, 2.05) is 6.92 Å². The van der Waals surface area contributed by atoms with Crippen LogP contribution in [0, 0.1) is 24.2 Å². The van der Waals surface area contributed by atoms with E-state index in [-0.39, 0.29) is 17.9 Å². The van der Waals surface area contributed by atoms with Crippen LogP contribution in [0.1, 0.15) is 26.7 Å². The average molecular weight is 208 g/mol. The highest BCUT2D eigenvalue weighted by atomic mass is 16.2. The molecule has 1 heterocycles. The van der Waals surface area contributed by atoms with Crippen molar-refractivity contribution in [2.45, 2.75) is 32.7 Å². The van der Waals surface area contributed by atoms with Gasteiger partial charge in [-0.3, -0.25) is 4.79 Å². The maximum absolute atomic E-state index is 11.9. The lowest BCUT2D eigenvalue weighted by Crippen LogP contribution is -2.40. The quantitative estimate of drug-likeness (QED) is 0.670. The van der Waals surface area contributed by atoms with E-state index >= 15 is 0 Å². The lowest BCUT2D eigenvalue weighted by Gasteiger charge is -2.19. The molecule has 1 amide bonds. The number of nitrogens with one attached hydrogen (secondary N) is 2. The van der Waals surface area contributed by atoms with Gasteiger partial charge in [0, 0.05) is 19.0 Å². The third kappa shape index (κ3) is 3.24. The molecule has 1 rings (SSSR count). The van der Waals surface area contributed by atoms with Crippen LogP contribution < -0.4 is 10.6 Å². The molecule has 3 nitrogen and oxygen atoms in total. The molecule has 1 aliphatic heterocycles. The van der Waals surface area contributed by atoms with Crippen LogP contribution in [0.15, 0.2) is 0 Å². The van der Waals surface area contributed by atoms with Gasteiger partial charge in [-0.25, -0.2) is 0 Å². The molecule has 84 valence electrons. The van der Waals surface area contributed by atoms with Crippen LogP contribution in [0.3, 0.4) is 0 Å². The van der Waals surface area contributed by atoms with Crippen LogP contribution >= 0.6 is 0 Å². The van der Waals surface area contributed by atoms with Crippen LogP contribution in [0.25, 0.3) is 0 Å². The lowest BCUT2D eigenvalue weighted by molar-refractivity contribution is -0.126. The van der Waals surface area contributed by atoms with Crippen molar-refractivity contribution in [2.75, 3.05) is 13.1 Å². The van der Waals surface area contributed by atoms with E-state index < -0.39 is 0 Å². The molecule has 15 heavy (non-hydrogen) atoms. The summed E-state index contributed by atoms with van der Waals surface area (Å²) in [6.45, 7) is 5.87. The predicted molar refractivity (Wildman–Crippen MR) is 61.2 cm³/mol. The fraction of sp³-hybridized carbons (Fsp3) is 0.750. The van der Waals surface area contributed by atoms with Gasteiger partial charge in [-0.1, -0.05) is 13.8 Å². The van der Waals surface area contributed by atoms with Crippen LogP contribution in [-0.2, 0) is 4.79 Å². The molecule has 0 radical (unpaired) electrons. The van der Waals surface area contributed by atoms with Crippen LogP contribution in [-0.4, -0.2) is 25.0 Å². The number of hydrogen-bond donors (Lipinski definition) is 2. The second-order valence-electron chi connectivity index (χ2n) is 4.26. The summed E-state index contributed by atoms with van der Waals surface area (Å²) in [4.78, 5) is 11.9. The van der Waals surface area contributed by atoms with Crippen molar-refractivity contribution in [3.05, 3.63) is 0 Å². The van der Waals surface area contributed by atoms with E-state index in [9.17, 15) is 4.79 Å². The predicted octanol–water partition coefficient (Wildman–Crippen LogP) is 0.760. The topological polar surface area (TPSA) is 41.1 Å². The minimum absolute atomic E-state index is 0.108. The van der Waals surface area contributed by atoms with Gasteiger partial charge in [0.2, 0.25) is 5.91 Å². The van der Waals surface area contributed by atoms with E-state index in [1.54, 1.807) is 0 Å². The molecule has 0 spiro atoms. The highest BCUT2D eigenvalue weighted by Crippen LogP contribution is 2.16. The SMILES string of the molecule is C#CCC(CC)NC(=O)C1CNCC1C. The number of carbonyl (C=O) groups is 1. The largest absolute Gasteiger partial charge is 0.352 e. The van der Waals surface area contributed by atoms with Crippen molar-refractivity contribution in [1.82, 2.24) is 10.6 Å². The van der Waals surface area contributed by atoms with Crippen molar-refractivity contribution in [1.29, 1.82) is 0 Å². The number of amides is 1. The van der Waals surface area contributed by atoms with E-state index in [0.29, 0.717) is 12.3 Å². The lowest BCUT2D eigenvalue weighted by atomic mass is 9.96. The van der Waals surface area contributed by atoms with E-state index in [4.69, 9.17) is 6.42 Å². The summed E-state index contributed by atoms with van der Waals surface area (Å²) in [6, 6.07) is 0.135. The molecule has 2 N–H and O–H groups in total. The third-order valence-corrected chi connectivity index (χ3v) is 3.06. The van der Waals surface area contributed by atoms with Gasteiger partial charge in [-0.05, 0) is 18.9 Å². The van der Waals surface area contributed by atoms with Gasteiger partial charge in [0.1, 0.15) is 0 Å². The average Bonchev–Trinajstić information content (AvgIpc) is 2.63. The van der Waals surface area contributed by atoms with Crippen LogP contribution in [0.2, 0.25) is 0 Å². The molecule has 0 bridgehead atoms. The maximum Gasteiger partial charge on any atom is 0.224 e. The second-order valence-corrected chi connectivity index (χ2v) is 4.26. The van der Waals surface area contributed by atoms with Crippen molar-refractivity contribution in [2.24, 2.45) is 11.8 Å². The molecule has 1 saturated heterocycles. The standard InChI is InChI=1S/C12H20N2O/c1-4-6-10(5-2)14-12(15)11-8-13-7-9(11)3/h1,9-11,13H,5-8H2,2-3H3,(H,14,15). The summed E-state index contributed by atoms with van der Waals surface area (Å²) in [6.07, 6.45) is 6.76. The second kappa shape index (κ2) is 5.77. The summed E-state index contributed by atoms with van der Waals surface area (Å²) in [5, 5.41) is 6.24. The molecule has 3 atom stereocenters. The van der Waals surface area contributed by atoms with Gasteiger partial charge >= 0.3 is 0 Å². The Balaban J connectivity index is 2.43. The van der Waals surface area contributed by atoms with Gasteiger partial charge in [0.15, 0.2) is 0 Å². The Morgan fingerprint density at radius 3 is 2.87 bits per heavy atom. The van der Waals surface area contributed by atoms with Crippen molar-refractivity contribution in [3.63, 3.8) is 0 Å².